The van der Waals surface area contributed by atoms with E-state index in [-0.39, 0.29) is 17.4 Å². The normalized spacial score (nSPS) is 10.5. The largest absolute Gasteiger partial charge is 0.461 e. The molecule has 2 N–H and O–H groups in total. The molecule has 0 radical (unpaired) electrons. The molecule has 2 amide bonds. The van der Waals surface area contributed by atoms with Crippen molar-refractivity contribution in [2.45, 2.75) is 5.16 Å². The number of carbonyl (C=O) groups excluding carboxylic acids is 2. The SMILES string of the molecule is Cn1c(SCC(=O)NNC(=O)c2ccco2)nnc1-c1ccco1. The molecule has 0 bridgehead atoms. The highest BCUT2D eigenvalue weighted by molar-refractivity contribution is 7.99. The van der Waals surface area contributed by atoms with Gasteiger partial charge in [0.2, 0.25) is 5.91 Å². The zero-order valence-corrected chi connectivity index (χ0v) is 13.4. The number of furan rings is 2. The Hall–Kier alpha value is -3.01. The smallest absolute Gasteiger partial charge is 0.305 e. The minimum Gasteiger partial charge on any atom is -0.461 e. The van der Waals surface area contributed by atoms with E-state index in [2.05, 4.69) is 21.0 Å². The molecule has 0 fully saturated rings. The molecule has 10 heteroatoms. The Morgan fingerprint density at radius 2 is 1.96 bits per heavy atom. The number of nitrogens with zero attached hydrogens (tertiary/aromatic N) is 3. The van der Waals surface area contributed by atoms with Crippen LogP contribution in [-0.2, 0) is 11.8 Å². The fourth-order valence-corrected chi connectivity index (χ4v) is 2.53. The van der Waals surface area contributed by atoms with E-state index >= 15 is 0 Å². The van der Waals surface area contributed by atoms with Crippen LogP contribution < -0.4 is 10.9 Å². The summed E-state index contributed by atoms with van der Waals surface area (Å²) in [5.74, 6) is 0.405. The lowest BCUT2D eigenvalue weighted by atomic mass is 10.4. The predicted octanol–water partition coefficient (Wildman–Crippen LogP) is 1.22. The van der Waals surface area contributed by atoms with E-state index in [0.29, 0.717) is 16.7 Å². The summed E-state index contributed by atoms with van der Waals surface area (Å²) in [6.07, 6.45) is 2.92. The van der Waals surface area contributed by atoms with Crippen molar-refractivity contribution in [1.29, 1.82) is 0 Å². The number of rotatable bonds is 5. The van der Waals surface area contributed by atoms with Crippen molar-refractivity contribution in [1.82, 2.24) is 25.6 Å². The summed E-state index contributed by atoms with van der Waals surface area (Å²) in [6.45, 7) is 0. The first-order valence-electron chi connectivity index (χ1n) is 6.84. The van der Waals surface area contributed by atoms with E-state index in [0.717, 1.165) is 0 Å². The number of thioether (sulfide) groups is 1. The molecule has 3 rings (SSSR count). The van der Waals surface area contributed by atoms with Gasteiger partial charge in [0.1, 0.15) is 0 Å². The second-order valence-corrected chi connectivity index (χ2v) is 5.55. The Morgan fingerprint density at radius 3 is 2.67 bits per heavy atom. The number of nitrogens with one attached hydrogen (secondary N) is 2. The molecule has 0 aliphatic heterocycles. The zero-order valence-electron chi connectivity index (χ0n) is 12.6. The molecular formula is C14H13N5O4S. The Labute approximate surface area is 140 Å². The fourth-order valence-electron chi connectivity index (χ4n) is 1.82. The van der Waals surface area contributed by atoms with E-state index in [4.69, 9.17) is 8.83 Å². The summed E-state index contributed by atoms with van der Waals surface area (Å²) in [6, 6.07) is 6.60. The molecule has 9 nitrogen and oxygen atoms in total. The van der Waals surface area contributed by atoms with E-state index in [1.54, 1.807) is 36.1 Å². The minimum atomic E-state index is -0.530. The van der Waals surface area contributed by atoms with Crippen LogP contribution in [0.15, 0.2) is 50.8 Å². The van der Waals surface area contributed by atoms with Crippen molar-refractivity contribution >= 4 is 23.6 Å². The monoisotopic (exact) mass is 347 g/mol. The first-order valence-corrected chi connectivity index (χ1v) is 7.82. The average molecular weight is 347 g/mol. The highest BCUT2D eigenvalue weighted by Crippen LogP contribution is 2.22. The van der Waals surface area contributed by atoms with Gasteiger partial charge in [-0.2, -0.15) is 0 Å². The van der Waals surface area contributed by atoms with Gasteiger partial charge in [0, 0.05) is 7.05 Å². The Morgan fingerprint density at radius 1 is 1.17 bits per heavy atom. The van der Waals surface area contributed by atoms with Gasteiger partial charge >= 0.3 is 5.91 Å². The third-order valence-electron chi connectivity index (χ3n) is 2.97. The van der Waals surface area contributed by atoms with E-state index < -0.39 is 5.91 Å². The molecule has 0 atom stereocenters. The van der Waals surface area contributed by atoms with Crippen molar-refractivity contribution in [3.05, 3.63) is 42.6 Å². The third-order valence-corrected chi connectivity index (χ3v) is 3.99. The van der Waals surface area contributed by atoms with E-state index in [1.165, 1.54) is 24.1 Å². The van der Waals surface area contributed by atoms with Gasteiger partial charge in [0.25, 0.3) is 0 Å². The van der Waals surface area contributed by atoms with Crippen LogP contribution in [0.3, 0.4) is 0 Å². The van der Waals surface area contributed by atoms with Crippen LogP contribution in [0, 0.1) is 0 Å². The molecule has 0 aromatic carbocycles. The van der Waals surface area contributed by atoms with E-state index in [1.807, 2.05) is 0 Å². The quantitative estimate of drug-likeness (QED) is 0.527. The summed E-state index contributed by atoms with van der Waals surface area (Å²) in [4.78, 5) is 23.4. The van der Waals surface area contributed by atoms with Crippen LogP contribution in [0.25, 0.3) is 11.6 Å². The van der Waals surface area contributed by atoms with E-state index in [9.17, 15) is 9.59 Å². The summed E-state index contributed by atoms with van der Waals surface area (Å²) >= 11 is 1.18. The van der Waals surface area contributed by atoms with Gasteiger partial charge in [-0.1, -0.05) is 11.8 Å². The molecule has 24 heavy (non-hydrogen) atoms. The van der Waals surface area contributed by atoms with Gasteiger partial charge in [-0.25, -0.2) is 0 Å². The molecule has 3 heterocycles. The van der Waals surface area contributed by atoms with Crippen molar-refractivity contribution in [2.75, 3.05) is 5.75 Å². The van der Waals surface area contributed by atoms with Crippen LogP contribution in [0.2, 0.25) is 0 Å². The Bertz CT molecular complexity index is 826. The van der Waals surface area contributed by atoms with Gasteiger partial charge < -0.3 is 13.4 Å². The summed E-state index contributed by atoms with van der Waals surface area (Å²) in [5.41, 5.74) is 4.56. The first kappa shape index (κ1) is 15.9. The minimum absolute atomic E-state index is 0.0581. The lowest BCUT2D eigenvalue weighted by Crippen LogP contribution is -2.42. The van der Waals surface area contributed by atoms with Crippen LogP contribution >= 0.6 is 11.8 Å². The summed E-state index contributed by atoms with van der Waals surface area (Å²) in [7, 11) is 1.77. The highest BCUT2D eigenvalue weighted by Gasteiger charge is 2.15. The van der Waals surface area contributed by atoms with Crippen molar-refractivity contribution in [2.24, 2.45) is 7.05 Å². The number of aromatic nitrogens is 3. The molecule has 0 aliphatic carbocycles. The average Bonchev–Trinajstić information content (AvgIpc) is 3.32. The van der Waals surface area contributed by atoms with Gasteiger partial charge in [-0.3, -0.25) is 20.4 Å². The molecule has 0 saturated carbocycles. The molecule has 3 aromatic rings. The van der Waals surface area contributed by atoms with Gasteiger partial charge in [0.15, 0.2) is 22.5 Å². The molecule has 0 saturated heterocycles. The van der Waals surface area contributed by atoms with Crippen LogP contribution in [0.1, 0.15) is 10.6 Å². The lowest BCUT2D eigenvalue weighted by Gasteiger charge is -2.05. The number of amides is 2. The first-order chi connectivity index (χ1) is 11.6. The van der Waals surface area contributed by atoms with Crippen molar-refractivity contribution < 1.29 is 18.4 Å². The Kier molecular flexibility index (Phi) is 4.66. The van der Waals surface area contributed by atoms with Crippen LogP contribution in [0.5, 0.6) is 0 Å². The summed E-state index contributed by atoms with van der Waals surface area (Å²) < 4.78 is 11.9. The Balaban J connectivity index is 1.51. The molecular weight excluding hydrogens is 334 g/mol. The topological polar surface area (TPSA) is 115 Å². The van der Waals surface area contributed by atoms with Gasteiger partial charge in [-0.15, -0.1) is 10.2 Å². The summed E-state index contributed by atoms with van der Waals surface area (Å²) in [5, 5.41) is 8.59. The number of carbonyl (C=O) groups is 2. The highest BCUT2D eigenvalue weighted by atomic mass is 32.2. The molecule has 124 valence electrons. The maximum absolute atomic E-state index is 11.8. The predicted molar refractivity (Wildman–Crippen MR) is 83.7 cm³/mol. The van der Waals surface area contributed by atoms with Crippen LogP contribution in [0.4, 0.5) is 0 Å². The van der Waals surface area contributed by atoms with Crippen LogP contribution in [-0.4, -0.2) is 32.3 Å². The van der Waals surface area contributed by atoms with Crippen molar-refractivity contribution in [3.8, 4) is 11.6 Å². The second-order valence-electron chi connectivity index (χ2n) is 4.61. The zero-order chi connectivity index (χ0) is 16.9. The standard InChI is InChI=1S/C14H13N5O4S/c1-19-12(9-4-2-6-22-9)16-18-14(19)24-8-11(20)15-17-13(21)10-5-3-7-23-10/h2-7H,8H2,1H3,(H,15,20)(H,17,21). The molecule has 0 spiro atoms. The third kappa shape index (κ3) is 3.49. The van der Waals surface area contributed by atoms with Gasteiger partial charge in [0.05, 0.1) is 18.3 Å². The lowest BCUT2D eigenvalue weighted by molar-refractivity contribution is -0.119. The number of hydrogen-bond donors (Lipinski definition) is 2. The maximum Gasteiger partial charge on any atom is 0.305 e. The molecule has 0 unspecified atom stereocenters. The molecule has 0 aliphatic rings. The van der Waals surface area contributed by atoms with Gasteiger partial charge in [-0.05, 0) is 24.3 Å². The maximum atomic E-state index is 11.8. The number of hydrazine groups is 1. The second kappa shape index (κ2) is 7.04. The number of hydrogen-bond acceptors (Lipinski definition) is 7. The fraction of sp³-hybridized carbons (Fsp3) is 0.143. The molecule has 3 aromatic heterocycles. The van der Waals surface area contributed by atoms with Crippen molar-refractivity contribution in [3.63, 3.8) is 0 Å².